The number of sulfonamides is 2. The fraction of sp³-hybridized carbons (Fsp3) is 0.269. The highest BCUT2D eigenvalue weighted by atomic mass is 32.2. The lowest BCUT2D eigenvalue weighted by molar-refractivity contribution is -0.385. The molecule has 0 aromatic heterocycles. The van der Waals surface area contributed by atoms with Crippen molar-refractivity contribution in [2.24, 2.45) is 0 Å². The van der Waals surface area contributed by atoms with Crippen molar-refractivity contribution >= 4 is 37.4 Å². The van der Waals surface area contributed by atoms with Crippen LogP contribution in [0.5, 0.6) is 0 Å². The number of hydrogen-bond donors (Lipinski definition) is 0. The van der Waals surface area contributed by atoms with Gasteiger partial charge in [0, 0.05) is 30.8 Å². The largest absolute Gasteiger partial charge is 0.468 e. The van der Waals surface area contributed by atoms with Gasteiger partial charge >= 0.3 is 5.97 Å². The molecule has 1 saturated heterocycles. The van der Waals surface area contributed by atoms with Crippen LogP contribution in [0, 0.1) is 20.2 Å². The summed E-state index contributed by atoms with van der Waals surface area (Å²) in [5, 5.41) is 22.2. The number of nitro benzene ring substituents is 2. The minimum Gasteiger partial charge on any atom is -0.468 e. The van der Waals surface area contributed by atoms with E-state index >= 15 is 0 Å². The molecule has 228 valence electrons. The average molecular weight is 635 g/mol. The van der Waals surface area contributed by atoms with Crippen LogP contribution in [0.25, 0.3) is 0 Å². The van der Waals surface area contributed by atoms with E-state index in [1.54, 1.807) is 30.3 Å². The fourth-order valence-electron chi connectivity index (χ4n) is 4.53. The first-order chi connectivity index (χ1) is 20.4. The van der Waals surface area contributed by atoms with Crippen molar-refractivity contribution in [3.8, 4) is 0 Å². The molecule has 0 bridgehead atoms. The number of esters is 1. The maximum Gasteiger partial charge on any atom is 0.324 e. The van der Waals surface area contributed by atoms with Crippen molar-refractivity contribution in [1.29, 1.82) is 0 Å². The molecule has 0 radical (unpaired) electrons. The Morgan fingerprint density at radius 1 is 0.860 bits per heavy atom. The van der Waals surface area contributed by atoms with Gasteiger partial charge in [0.25, 0.3) is 21.4 Å². The lowest BCUT2D eigenvalue weighted by atomic mass is 10.0. The van der Waals surface area contributed by atoms with Crippen molar-refractivity contribution in [2.75, 3.05) is 13.7 Å². The lowest BCUT2D eigenvalue weighted by Crippen LogP contribution is -2.57. The molecule has 0 amide bonds. The molecule has 0 saturated carbocycles. The van der Waals surface area contributed by atoms with Crippen molar-refractivity contribution in [2.45, 2.75) is 41.3 Å². The molecule has 1 aliphatic heterocycles. The van der Waals surface area contributed by atoms with E-state index in [0.29, 0.717) is 10.0 Å². The molecule has 3 aromatic carbocycles. The zero-order chi connectivity index (χ0) is 31.4. The predicted molar refractivity (Wildman–Crippen MR) is 149 cm³/mol. The first kappa shape index (κ1) is 31.6. The summed E-state index contributed by atoms with van der Waals surface area (Å²) in [5.74, 6) is -0.876. The highest BCUT2D eigenvalue weighted by molar-refractivity contribution is 7.89. The minimum atomic E-state index is -4.53. The Labute approximate surface area is 246 Å². The SMILES string of the molecule is COC(=O)[C@@H]1CC[C@@H](N(OCc2ccccc2)S(=O)(=O)c2ccc([N+](=O)[O-])cc2)CN1S(=O)(=O)c1ccc([N+](=O)[O-])cc1. The zero-order valence-electron chi connectivity index (χ0n) is 22.6. The second-order valence-electron chi connectivity index (χ2n) is 9.37. The summed E-state index contributed by atoms with van der Waals surface area (Å²) in [5.41, 5.74) is -0.0886. The molecule has 1 aliphatic rings. The Bertz CT molecular complexity index is 1700. The van der Waals surface area contributed by atoms with Gasteiger partial charge in [-0.15, -0.1) is 0 Å². The first-order valence-electron chi connectivity index (χ1n) is 12.7. The van der Waals surface area contributed by atoms with Crippen LogP contribution in [-0.2, 0) is 41.0 Å². The number of benzene rings is 3. The average Bonchev–Trinajstić information content (AvgIpc) is 3.01. The first-order valence-corrected chi connectivity index (χ1v) is 15.5. The summed E-state index contributed by atoms with van der Waals surface area (Å²) in [6, 6.07) is 14.2. The van der Waals surface area contributed by atoms with E-state index in [2.05, 4.69) is 0 Å². The third-order valence-electron chi connectivity index (χ3n) is 6.72. The molecule has 15 nitrogen and oxygen atoms in total. The molecule has 4 rings (SSSR count). The van der Waals surface area contributed by atoms with E-state index in [0.717, 1.165) is 59.9 Å². The smallest absolute Gasteiger partial charge is 0.324 e. The molecule has 1 fully saturated rings. The van der Waals surface area contributed by atoms with Gasteiger partial charge in [-0.25, -0.2) is 16.8 Å². The molecule has 0 N–H and O–H groups in total. The summed E-state index contributed by atoms with van der Waals surface area (Å²) in [6.07, 6.45) is -0.169. The number of ether oxygens (including phenoxy) is 1. The molecular weight excluding hydrogens is 608 g/mol. The van der Waals surface area contributed by atoms with Gasteiger partial charge in [0.05, 0.1) is 39.4 Å². The summed E-state index contributed by atoms with van der Waals surface area (Å²) < 4.78 is 61.4. The van der Waals surface area contributed by atoms with Gasteiger partial charge in [-0.3, -0.25) is 29.9 Å². The Kier molecular flexibility index (Phi) is 9.51. The van der Waals surface area contributed by atoms with Gasteiger partial charge in [-0.05, 0) is 42.7 Å². The summed E-state index contributed by atoms with van der Waals surface area (Å²) in [4.78, 5) is 38.5. The lowest BCUT2D eigenvalue weighted by Gasteiger charge is -2.40. The van der Waals surface area contributed by atoms with Crippen LogP contribution in [0.2, 0.25) is 0 Å². The number of piperidine rings is 1. The number of carbonyl (C=O) groups is 1. The number of rotatable bonds is 11. The number of nitrogens with zero attached hydrogens (tertiary/aromatic N) is 4. The normalized spacial score (nSPS) is 17.8. The molecule has 43 heavy (non-hydrogen) atoms. The standard InChI is InChI=1S/C26H26N4O11S2/c1-40-26(31)25-16-11-22(17-27(25)42(36,37)23-12-7-20(8-13-23)28(32)33)30(41-18-19-5-3-2-4-6-19)43(38,39)24-14-9-21(10-15-24)29(34)35/h2-10,12-15,22,25H,11,16-18H2,1H3/t22-,25+/m1/s1. The van der Waals surface area contributed by atoms with Gasteiger partial charge in [0.1, 0.15) is 6.04 Å². The number of carbonyl (C=O) groups excluding carboxylic acids is 1. The maximum absolute atomic E-state index is 13.8. The van der Waals surface area contributed by atoms with E-state index in [9.17, 15) is 41.9 Å². The molecule has 0 spiro atoms. The van der Waals surface area contributed by atoms with E-state index in [1.165, 1.54) is 0 Å². The van der Waals surface area contributed by atoms with Crippen LogP contribution in [-0.4, -0.2) is 67.2 Å². The Hall–Kier alpha value is -4.29. The third kappa shape index (κ3) is 6.86. The maximum atomic E-state index is 13.8. The van der Waals surface area contributed by atoms with Crippen molar-refractivity contribution in [3.63, 3.8) is 0 Å². The summed E-state index contributed by atoms with van der Waals surface area (Å²) in [7, 11) is -7.96. The van der Waals surface area contributed by atoms with Crippen LogP contribution in [0.15, 0.2) is 88.7 Å². The van der Waals surface area contributed by atoms with Crippen LogP contribution < -0.4 is 0 Å². The van der Waals surface area contributed by atoms with Crippen LogP contribution >= 0.6 is 0 Å². The monoisotopic (exact) mass is 634 g/mol. The van der Waals surface area contributed by atoms with E-state index in [1.807, 2.05) is 0 Å². The second kappa shape index (κ2) is 12.9. The van der Waals surface area contributed by atoms with Crippen molar-refractivity contribution < 1.29 is 41.1 Å². The third-order valence-corrected chi connectivity index (χ3v) is 10.4. The number of hydroxylamine groups is 1. The Morgan fingerprint density at radius 2 is 1.40 bits per heavy atom. The fourth-order valence-corrected chi connectivity index (χ4v) is 7.62. The van der Waals surface area contributed by atoms with Crippen molar-refractivity contribution in [1.82, 2.24) is 8.77 Å². The minimum absolute atomic E-state index is 0.0208. The molecule has 3 aromatic rings. The van der Waals surface area contributed by atoms with Gasteiger partial charge < -0.3 is 4.74 Å². The van der Waals surface area contributed by atoms with Crippen LogP contribution in [0.1, 0.15) is 18.4 Å². The molecular formula is C26H26N4O11S2. The highest BCUT2D eigenvalue weighted by Gasteiger charge is 2.46. The van der Waals surface area contributed by atoms with Crippen LogP contribution in [0.3, 0.4) is 0 Å². The topological polar surface area (TPSA) is 197 Å². The van der Waals surface area contributed by atoms with E-state index in [-0.39, 0.29) is 40.6 Å². The van der Waals surface area contributed by atoms with Crippen molar-refractivity contribution in [3.05, 3.63) is 105 Å². The molecule has 0 aliphatic carbocycles. The van der Waals surface area contributed by atoms with Crippen LogP contribution in [0.4, 0.5) is 11.4 Å². The van der Waals surface area contributed by atoms with Gasteiger partial charge in [0.15, 0.2) is 0 Å². The Balaban J connectivity index is 1.74. The number of non-ortho nitro benzene ring substituents is 2. The number of hydrogen-bond acceptors (Lipinski definition) is 11. The second-order valence-corrected chi connectivity index (χ2v) is 13.0. The van der Waals surface area contributed by atoms with E-state index < -0.39 is 54.5 Å². The molecule has 1 heterocycles. The summed E-state index contributed by atoms with van der Waals surface area (Å²) in [6.45, 7) is -0.765. The Morgan fingerprint density at radius 3 is 1.91 bits per heavy atom. The van der Waals surface area contributed by atoms with Gasteiger partial charge in [-0.1, -0.05) is 34.8 Å². The highest BCUT2D eigenvalue weighted by Crippen LogP contribution is 2.32. The molecule has 17 heteroatoms. The number of methoxy groups -OCH3 is 1. The number of nitro groups is 2. The zero-order valence-corrected chi connectivity index (χ0v) is 24.2. The van der Waals surface area contributed by atoms with Gasteiger partial charge in [0.2, 0.25) is 10.0 Å². The quantitative estimate of drug-likeness (QED) is 0.171. The molecule has 0 unspecified atom stereocenters. The van der Waals surface area contributed by atoms with E-state index in [4.69, 9.17) is 9.57 Å². The summed E-state index contributed by atoms with van der Waals surface area (Å²) >= 11 is 0. The molecule has 2 atom stereocenters. The predicted octanol–water partition coefficient (Wildman–Crippen LogP) is 3.02. The van der Waals surface area contributed by atoms with Gasteiger partial charge in [-0.2, -0.15) is 4.31 Å².